The first-order chi connectivity index (χ1) is 13.6. The maximum Gasteiger partial charge on any atom is 0.257 e. The molecule has 2 heterocycles. The van der Waals surface area contributed by atoms with Crippen LogP contribution in [0.5, 0.6) is 11.5 Å². The van der Waals surface area contributed by atoms with E-state index in [4.69, 9.17) is 9.47 Å². The second-order valence-electron chi connectivity index (χ2n) is 6.32. The van der Waals surface area contributed by atoms with Gasteiger partial charge in [-0.25, -0.2) is 9.67 Å². The van der Waals surface area contributed by atoms with Crippen molar-refractivity contribution < 1.29 is 14.3 Å². The molecule has 1 N–H and O–H groups in total. The Labute approximate surface area is 164 Å². The van der Waals surface area contributed by atoms with Crippen molar-refractivity contribution in [1.82, 2.24) is 20.1 Å². The minimum Gasteiger partial charge on any atom is -0.497 e. The number of pyridine rings is 1. The van der Waals surface area contributed by atoms with Gasteiger partial charge in [-0.2, -0.15) is 5.10 Å². The lowest BCUT2D eigenvalue weighted by molar-refractivity contribution is -0.123. The van der Waals surface area contributed by atoms with Crippen LogP contribution < -0.4 is 14.8 Å². The molecule has 0 saturated heterocycles. The SMILES string of the molecule is COc1cccc(OCC(=O)NCCc2c(C)nn(-c3ccccn3)c2C)c1. The molecule has 7 nitrogen and oxygen atoms in total. The number of ether oxygens (including phenoxy) is 2. The molecule has 0 fully saturated rings. The van der Waals surface area contributed by atoms with Crippen LogP contribution in [-0.2, 0) is 11.2 Å². The van der Waals surface area contributed by atoms with Gasteiger partial charge in [0.05, 0.1) is 12.8 Å². The van der Waals surface area contributed by atoms with Crippen molar-refractivity contribution in [2.45, 2.75) is 20.3 Å². The molecule has 0 aliphatic carbocycles. The summed E-state index contributed by atoms with van der Waals surface area (Å²) in [5.41, 5.74) is 3.07. The third-order valence-electron chi connectivity index (χ3n) is 4.42. The smallest absolute Gasteiger partial charge is 0.257 e. The molecule has 0 saturated carbocycles. The van der Waals surface area contributed by atoms with Crippen LogP contribution in [0.1, 0.15) is 17.0 Å². The molecule has 3 rings (SSSR count). The van der Waals surface area contributed by atoms with Gasteiger partial charge in [0.15, 0.2) is 12.4 Å². The fourth-order valence-corrected chi connectivity index (χ4v) is 2.96. The lowest BCUT2D eigenvalue weighted by Crippen LogP contribution is -2.30. The van der Waals surface area contributed by atoms with Gasteiger partial charge in [0.25, 0.3) is 5.91 Å². The molecule has 0 spiro atoms. The van der Waals surface area contributed by atoms with Crippen LogP contribution in [-0.4, -0.2) is 40.9 Å². The standard InChI is InChI=1S/C21H24N4O3/c1-15-19(16(2)25(24-15)20-9-4-5-11-22-20)10-12-23-21(26)14-28-18-8-6-7-17(13-18)27-3/h4-9,11,13H,10,12,14H2,1-3H3,(H,23,26). The van der Waals surface area contributed by atoms with Crippen LogP contribution in [0.3, 0.4) is 0 Å². The number of nitrogens with one attached hydrogen (secondary N) is 1. The molecular formula is C21H24N4O3. The summed E-state index contributed by atoms with van der Waals surface area (Å²) in [6, 6.07) is 12.9. The average molecular weight is 380 g/mol. The van der Waals surface area contributed by atoms with E-state index in [1.165, 1.54) is 0 Å². The molecule has 3 aromatic rings. The lowest BCUT2D eigenvalue weighted by atomic mass is 10.1. The van der Waals surface area contributed by atoms with E-state index in [1.54, 1.807) is 25.4 Å². The number of aryl methyl sites for hydroxylation is 1. The van der Waals surface area contributed by atoms with Gasteiger partial charge in [-0.1, -0.05) is 12.1 Å². The van der Waals surface area contributed by atoms with Gasteiger partial charge < -0.3 is 14.8 Å². The fraction of sp³-hybridized carbons (Fsp3) is 0.286. The number of amides is 1. The Morgan fingerprint density at radius 1 is 1.14 bits per heavy atom. The summed E-state index contributed by atoms with van der Waals surface area (Å²) in [7, 11) is 1.59. The maximum atomic E-state index is 12.1. The summed E-state index contributed by atoms with van der Waals surface area (Å²) in [6.45, 7) is 4.45. The highest BCUT2D eigenvalue weighted by Crippen LogP contribution is 2.19. The van der Waals surface area contributed by atoms with Gasteiger partial charge in [-0.15, -0.1) is 0 Å². The van der Waals surface area contributed by atoms with Gasteiger partial charge in [-0.3, -0.25) is 4.79 Å². The molecule has 1 aromatic carbocycles. The van der Waals surface area contributed by atoms with Crippen molar-refractivity contribution in [3.63, 3.8) is 0 Å². The molecule has 0 aliphatic heterocycles. The Hall–Kier alpha value is -3.35. The van der Waals surface area contributed by atoms with Crippen LogP contribution >= 0.6 is 0 Å². The van der Waals surface area contributed by atoms with E-state index in [0.29, 0.717) is 24.5 Å². The maximum absolute atomic E-state index is 12.1. The van der Waals surface area contributed by atoms with E-state index < -0.39 is 0 Å². The van der Waals surface area contributed by atoms with Crippen LogP contribution in [0, 0.1) is 13.8 Å². The molecule has 0 atom stereocenters. The summed E-state index contributed by atoms with van der Waals surface area (Å²) in [5.74, 6) is 1.90. The first kappa shape index (κ1) is 19.4. The van der Waals surface area contributed by atoms with Gasteiger partial charge >= 0.3 is 0 Å². The average Bonchev–Trinajstić information content (AvgIpc) is 3.01. The molecular weight excluding hydrogens is 356 g/mol. The summed E-state index contributed by atoms with van der Waals surface area (Å²) >= 11 is 0. The largest absolute Gasteiger partial charge is 0.497 e. The van der Waals surface area contributed by atoms with Crippen molar-refractivity contribution in [1.29, 1.82) is 0 Å². The number of aromatic nitrogens is 3. The van der Waals surface area contributed by atoms with Crippen LogP contribution in [0.2, 0.25) is 0 Å². The van der Waals surface area contributed by atoms with E-state index in [1.807, 2.05) is 48.9 Å². The first-order valence-corrected chi connectivity index (χ1v) is 9.08. The van der Waals surface area contributed by atoms with Crippen molar-refractivity contribution in [3.05, 3.63) is 65.6 Å². The highest BCUT2D eigenvalue weighted by Gasteiger charge is 2.13. The number of hydrogen-bond donors (Lipinski definition) is 1. The topological polar surface area (TPSA) is 78.3 Å². The van der Waals surface area contributed by atoms with Gasteiger partial charge in [0.2, 0.25) is 0 Å². The molecule has 0 bridgehead atoms. The zero-order valence-corrected chi connectivity index (χ0v) is 16.3. The normalized spacial score (nSPS) is 10.5. The Morgan fingerprint density at radius 3 is 2.71 bits per heavy atom. The zero-order chi connectivity index (χ0) is 19.9. The monoisotopic (exact) mass is 380 g/mol. The molecule has 0 unspecified atom stereocenters. The van der Waals surface area contributed by atoms with Gasteiger partial charge in [0, 0.05) is 24.5 Å². The van der Waals surface area contributed by atoms with Crippen LogP contribution in [0.4, 0.5) is 0 Å². The summed E-state index contributed by atoms with van der Waals surface area (Å²) in [6.07, 6.45) is 2.43. The number of hydrogen-bond acceptors (Lipinski definition) is 5. The summed E-state index contributed by atoms with van der Waals surface area (Å²) < 4.78 is 12.5. The quantitative estimate of drug-likeness (QED) is 0.650. The Kier molecular flexibility index (Phi) is 6.26. The zero-order valence-electron chi connectivity index (χ0n) is 16.3. The Balaban J connectivity index is 1.52. The Morgan fingerprint density at radius 2 is 1.96 bits per heavy atom. The molecule has 28 heavy (non-hydrogen) atoms. The Bertz CT molecular complexity index is 938. The van der Waals surface area contributed by atoms with E-state index >= 15 is 0 Å². The molecule has 2 aromatic heterocycles. The highest BCUT2D eigenvalue weighted by molar-refractivity contribution is 5.77. The molecule has 0 radical (unpaired) electrons. The van der Waals surface area contributed by atoms with Crippen molar-refractivity contribution >= 4 is 5.91 Å². The van der Waals surface area contributed by atoms with E-state index in [0.717, 1.165) is 22.8 Å². The predicted molar refractivity (Wildman–Crippen MR) is 106 cm³/mol. The summed E-state index contributed by atoms with van der Waals surface area (Å²) in [5, 5.41) is 7.46. The number of carbonyl (C=O) groups excluding carboxylic acids is 1. The van der Waals surface area contributed by atoms with Crippen molar-refractivity contribution in [2.24, 2.45) is 0 Å². The molecule has 7 heteroatoms. The summed E-state index contributed by atoms with van der Waals surface area (Å²) in [4.78, 5) is 16.4. The van der Waals surface area contributed by atoms with E-state index in [9.17, 15) is 4.79 Å². The van der Waals surface area contributed by atoms with E-state index in [2.05, 4.69) is 15.4 Å². The third-order valence-corrected chi connectivity index (χ3v) is 4.42. The van der Waals surface area contributed by atoms with Crippen molar-refractivity contribution in [2.75, 3.05) is 20.3 Å². The number of carbonyl (C=O) groups is 1. The van der Waals surface area contributed by atoms with Crippen LogP contribution in [0.15, 0.2) is 48.7 Å². The molecule has 146 valence electrons. The fourth-order valence-electron chi connectivity index (χ4n) is 2.96. The lowest BCUT2D eigenvalue weighted by Gasteiger charge is -2.09. The number of methoxy groups -OCH3 is 1. The van der Waals surface area contributed by atoms with Crippen LogP contribution in [0.25, 0.3) is 5.82 Å². The van der Waals surface area contributed by atoms with Gasteiger partial charge in [-0.05, 0) is 50.1 Å². The highest BCUT2D eigenvalue weighted by atomic mass is 16.5. The van der Waals surface area contributed by atoms with E-state index in [-0.39, 0.29) is 12.5 Å². The second-order valence-corrected chi connectivity index (χ2v) is 6.32. The molecule has 1 amide bonds. The first-order valence-electron chi connectivity index (χ1n) is 9.08. The number of benzene rings is 1. The predicted octanol–water partition coefficient (Wildman–Crippen LogP) is 2.63. The minimum absolute atomic E-state index is 0.0433. The van der Waals surface area contributed by atoms with Gasteiger partial charge in [0.1, 0.15) is 11.5 Å². The number of nitrogens with zero attached hydrogens (tertiary/aromatic N) is 3. The number of rotatable bonds is 8. The molecule has 0 aliphatic rings. The van der Waals surface area contributed by atoms with Crippen molar-refractivity contribution in [3.8, 4) is 17.3 Å². The third kappa shape index (κ3) is 4.68. The minimum atomic E-state index is -0.171. The second kappa shape index (κ2) is 9.03.